The molecular formula is C14H16N2O6. The molecule has 1 aromatic rings. The summed E-state index contributed by atoms with van der Waals surface area (Å²) >= 11 is 0. The van der Waals surface area contributed by atoms with Crippen molar-refractivity contribution in [3.8, 4) is 5.75 Å². The number of amides is 1. The second-order valence-corrected chi connectivity index (χ2v) is 3.98. The van der Waals surface area contributed by atoms with Crippen molar-refractivity contribution in [3.63, 3.8) is 0 Å². The Morgan fingerprint density at radius 1 is 1.14 bits per heavy atom. The van der Waals surface area contributed by atoms with E-state index < -0.39 is 17.8 Å². The zero-order valence-electron chi connectivity index (χ0n) is 12.1. The Labute approximate surface area is 126 Å². The Morgan fingerprint density at radius 3 is 2.27 bits per heavy atom. The average molecular weight is 308 g/mol. The highest BCUT2D eigenvalue weighted by molar-refractivity contribution is 5.98. The summed E-state index contributed by atoms with van der Waals surface area (Å²) in [7, 11) is 2.38. The lowest BCUT2D eigenvalue weighted by Gasteiger charge is -2.10. The van der Waals surface area contributed by atoms with Crippen molar-refractivity contribution >= 4 is 23.5 Å². The van der Waals surface area contributed by atoms with E-state index in [0.717, 1.165) is 6.08 Å². The second kappa shape index (κ2) is 8.30. The third-order valence-electron chi connectivity index (χ3n) is 2.38. The van der Waals surface area contributed by atoms with Crippen LogP contribution in [0.4, 0.5) is 5.69 Å². The van der Waals surface area contributed by atoms with Crippen molar-refractivity contribution in [2.45, 2.75) is 0 Å². The van der Waals surface area contributed by atoms with Crippen molar-refractivity contribution in [3.05, 3.63) is 36.0 Å². The fourth-order valence-electron chi connectivity index (χ4n) is 1.38. The van der Waals surface area contributed by atoms with Crippen LogP contribution in [0.1, 0.15) is 0 Å². The molecule has 0 aliphatic rings. The van der Waals surface area contributed by atoms with Gasteiger partial charge >= 0.3 is 11.9 Å². The molecule has 3 N–H and O–H groups in total. The van der Waals surface area contributed by atoms with Crippen LogP contribution in [-0.4, -0.2) is 38.7 Å². The van der Waals surface area contributed by atoms with Crippen LogP contribution >= 0.6 is 0 Å². The summed E-state index contributed by atoms with van der Waals surface area (Å²) in [5.41, 5.74) is 5.39. The molecule has 0 saturated carbocycles. The van der Waals surface area contributed by atoms with Gasteiger partial charge in [-0.25, -0.2) is 9.59 Å². The van der Waals surface area contributed by atoms with Gasteiger partial charge in [0.2, 0.25) is 0 Å². The highest BCUT2D eigenvalue weighted by Gasteiger charge is 2.12. The Bertz CT molecular complexity index is 580. The van der Waals surface area contributed by atoms with Gasteiger partial charge in [0.15, 0.2) is 6.61 Å². The van der Waals surface area contributed by atoms with Crippen molar-refractivity contribution < 1.29 is 28.6 Å². The summed E-state index contributed by atoms with van der Waals surface area (Å²) in [5.74, 6) is -1.58. The standard InChI is InChI=1S/C14H16N2O6/c1-20-13(18)7-11(14(19)21-2)16-9-3-5-10(6-4-9)22-8-12(15)17/h3-7,16H,8H2,1-2H3,(H2,15,17)/b11-7+. The van der Waals surface area contributed by atoms with Gasteiger partial charge in [-0.05, 0) is 24.3 Å². The topological polar surface area (TPSA) is 117 Å². The van der Waals surface area contributed by atoms with E-state index >= 15 is 0 Å². The maximum atomic E-state index is 11.6. The molecule has 118 valence electrons. The number of anilines is 1. The molecule has 0 fully saturated rings. The Hall–Kier alpha value is -3.03. The van der Waals surface area contributed by atoms with Crippen LogP contribution < -0.4 is 15.8 Å². The smallest absolute Gasteiger partial charge is 0.354 e. The van der Waals surface area contributed by atoms with Gasteiger partial charge in [0, 0.05) is 5.69 Å². The second-order valence-electron chi connectivity index (χ2n) is 3.98. The number of primary amides is 1. The molecule has 0 aliphatic heterocycles. The normalized spacial score (nSPS) is 10.5. The highest BCUT2D eigenvalue weighted by atomic mass is 16.5. The molecule has 8 heteroatoms. The van der Waals surface area contributed by atoms with E-state index in [1.807, 2.05) is 0 Å². The van der Waals surface area contributed by atoms with Gasteiger partial charge in [0.25, 0.3) is 5.91 Å². The molecule has 0 spiro atoms. The van der Waals surface area contributed by atoms with Crippen LogP contribution in [0, 0.1) is 0 Å². The molecule has 0 aromatic heterocycles. The minimum Gasteiger partial charge on any atom is -0.484 e. The number of methoxy groups -OCH3 is 2. The van der Waals surface area contributed by atoms with Crippen LogP contribution in [0.25, 0.3) is 0 Å². The van der Waals surface area contributed by atoms with Crippen LogP contribution in [0.5, 0.6) is 5.75 Å². The predicted molar refractivity (Wildman–Crippen MR) is 76.9 cm³/mol. The SMILES string of the molecule is COC(=O)/C=C(/Nc1ccc(OCC(N)=O)cc1)C(=O)OC. The first-order valence-corrected chi connectivity index (χ1v) is 6.12. The number of rotatable bonds is 7. The summed E-state index contributed by atoms with van der Waals surface area (Å²) in [6, 6.07) is 6.31. The minimum absolute atomic E-state index is 0.0832. The van der Waals surface area contributed by atoms with Crippen molar-refractivity contribution in [2.75, 3.05) is 26.1 Å². The summed E-state index contributed by atoms with van der Waals surface area (Å²) in [6.07, 6.45) is 0.976. The monoisotopic (exact) mass is 308 g/mol. The number of benzene rings is 1. The van der Waals surface area contributed by atoms with Gasteiger partial charge in [-0.1, -0.05) is 0 Å². The fraction of sp³-hybridized carbons (Fsp3) is 0.214. The number of nitrogens with one attached hydrogen (secondary N) is 1. The van der Waals surface area contributed by atoms with Crippen molar-refractivity contribution in [2.24, 2.45) is 5.73 Å². The number of nitrogens with two attached hydrogens (primary N) is 1. The molecule has 0 atom stereocenters. The molecule has 8 nitrogen and oxygen atoms in total. The molecule has 1 aromatic carbocycles. The van der Waals surface area contributed by atoms with E-state index in [9.17, 15) is 14.4 Å². The van der Waals surface area contributed by atoms with E-state index in [1.165, 1.54) is 14.2 Å². The fourth-order valence-corrected chi connectivity index (χ4v) is 1.38. The maximum Gasteiger partial charge on any atom is 0.354 e. The largest absolute Gasteiger partial charge is 0.484 e. The minimum atomic E-state index is -0.723. The van der Waals surface area contributed by atoms with Crippen molar-refractivity contribution in [1.82, 2.24) is 0 Å². The maximum absolute atomic E-state index is 11.6. The third kappa shape index (κ3) is 5.53. The summed E-state index contributed by atoms with van der Waals surface area (Å²) in [5, 5.41) is 2.73. The van der Waals surface area contributed by atoms with E-state index in [2.05, 4.69) is 14.8 Å². The molecule has 0 aliphatic carbocycles. The number of carbonyl (C=O) groups excluding carboxylic acids is 3. The zero-order valence-corrected chi connectivity index (χ0v) is 12.1. The summed E-state index contributed by atoms with van der Waals surface area (Å²) in [4.78, 5) is 33.4. The molecule has 1 rings (SSSR count). The van der Waals surface area contributed by atoms with Crippen molar-refractivity contribution in [1.29, 1.82) is 0 Å². The van der Waals surface area contributed by atoms with E-state index in [4.69, 9.17) is 10.5 Å². The lowest BCUT2D eigenvalue weighted by molar-refractivity contribution is -0.138. The number of hydrogen-bond acceptors (Lipinski definition) is 7. The van der Waals surface area contributed by atoms with Crippen LogP contribution in [0.15, 0.2) is 36.0 Å². The molecule has 0 bridgehead atoms. The van der Waals surface area contributed by atoms with Crippen LogP contribution in [-0.2, 0) is 23.9 Å². The summed E-state index contributed by atoms with van der Waals surface area (Å²) in [6.45, 7) is -0.234. The first-order chi connectivity index (χ1) is 10.5. The number of esters is 2. The number of carbonyl (C=O) groups is 3. The molecular weight excluding hydrogens is 292 g/mol. The molecule has 22 heavy (non-hydrogen) atoms. The van der Waals surface area contributed by atoms with Gasteiger partial charge in [0.05, 0.1) is 20.3 Å². The molecule has 0 unspecified atom stereocenters. The van der Waals surface area contributed by atoms with Gasteiger partial charge < -0.3 is 25.3 Å². The van der Waals surface area contributed by atoms with Gasteiger partial charge in [-0.2, -0.15) is 0 Å². The lowest BCUT2D eigenvalue weighted by Crippen LogP contribution is -2.20. The van der Waals surface area contributed by atoms with Crippen LogP contribution in [0.3, 0.4) is 0 Å². The number of ether oxygens (including phenoxy) is 3. The van der Waals surface area contributed by atoms with E-state index in [-0.39, 0.29) is 12.3 Å². The predicted octanol–water partition coefficient (Wildman–Crippen LogP) is 0.192. The molecule has 1 amide bonds. The molecule has 0 radical (unpaired) electrons. The molecule has 0 heterocycles. The quantitative estimate of drug-likeness (QED) is 0.545. The lowest BCUT2D eigenvalue weighted by atomic mass is 10.2. The van der Waals surface area contributed by atoms with Crippen LogP contribution in [0.2, 0.25) is 0 Å². The Kier molecular flexibility index (Phi) is 6.42. The number of hydrogen-bond donors (Lipinski definition) is 2. The van der Waals surface area contributed by atoms with E-state index in [1.54, 1.807) is 24.3 Å². The van der Waals surface area contributed by atoms with Gasteiger partial charge in [0.1, 0.15) is 11.4 Å². The first-order valence-electron chi connectivity index (χ1n) is 6.12. The zero-order chi connectivity index (χ0) is 16.5. The Balaban J connectivity index is 2.81. The van der Waals surface area contributed by atoms with Gasteiger partial charge in [-0.15, -0.1) is 0 Å². The third-order valence-corrected chi connectivity index (χ3v) is 2.38. The molecule has 0 saturated heterocycles. The summed E-state index contributed by atoms with van der Waals surface area (Å²) < 4.78 is 14.1. The van der Waals surface area contributed by atoms with E-state index in [0.29, 0.717) is 11.4 Å². The Morgan fingerprint density at radius 2 is 1.77 bits per heavy atom. The van der Waals surface area contributed by atoms with Gasteiger partial charge in [-0.3, -0.25) is 4.79 Å². The average Bonchev–Trinajstić information content (AvgIpc) is 2.52. The highest BCUT2D eigenvalue weighted by Crippen LogP contribution is 2.17. The first kappa shape index (κ1) is 17.0.